The third kappa shape index (κ3) is 5.24. The first kappa shape index (κ1) is 14.1. The first-order valence-electron chi connectivity index (χ1n) is 5.77. The molecule has 0 saturated carbocycles. The average molecular weight is 253 g/mol. The van der Waals surface area contributed by atoms with E-state index in [0.29, 0.717) is 19.4 Å². The maximum absolute atomic E-state index is 11.3. The Kier molecular flexibility index (Phi) is 6.74. The summed E-state index contributed by atoms with van der Waals surface area (Å²) in [6.45, 7) is 0.727. The van der Waals surface area contributed by atoms with Gasteiger partial charge >= 0.3 is 0 Å². The molecule has 0 aliphatic rings. The van der Waals surface area contributed by atoms with Crippen LogP contribution in [0, 0.1) is 0 Å². The summed E-state index contributed by atoms with van der Waals surface area (Å²) in [7, 11) is 0. The quantitative estimate of drug-likeness (QED) is 0.729. The summed E-state index contributed by atoms with van der Waals surface area (Å²) in [4.78, 5) is 12.6. The number of aliphatic hydroxyl groups excluding tert-OH is 1. The fourth-order valence-electron chi connectivity index (χ4n) is 1.57. The monoisotopic (exact) mass is 253 g/mol. The van der Waals surface area contributed by atoms with Crippen molar-refractivity contribution < 1.29 is 9.90 Å². The molecule has 1 amide bonds. The molecule has 0 bridgehead atoms. The Morgan fingerprint density at radius 3 is 2.88 bits per heavy atom. The number of carbonyl (C=O) groups is 1. The molecule has 0 spiro atoms. The lowest BCUT2D eigenvalue weighted by Gasteiger charge is -2.08. The van der Waals surface area contributed by atoms with E-state index in [0.717, 1.165) is 6.42 Å². The average Bonchev–Trinajstić information content (AvgIpc) is 2.37. The molecule has 0 aliphatic carbocycles. The number of benzene rings is 1. The SMILES string of the molecule is CSc1ccccc1CCNC(=O)CCCO. The van der Waals surface area contributed by atoms with Gasteiger partial charge in [0.2, 0.25) is 5.91 Å². The molecule has 1 aromatic carbocycles. The highest BCUT2D eigenvalue weighted by molar-refractivity contribution is 7.98. The van der Waals surface area contributed by atoms with E-state index >= 15 is 0 Å². The van der Waals surface area contributed by atoms with E-state index in [9.17, 15) is 4.79 Å². The van der Waals surface area contributed by atoms with E-state index in [1.807, 2.05) is 12.1 Å². The summed E-state index contributed by atoms with van der Waals surface area (Å²) in [5.74, 6) is 0.0145. The largest absolute Gasteiger partial charge is 0.396 e. The van der Waals surface area contributed by atoms with Gasteiger partial charge in [-0.25, -0.2) is 0 Å². The molecule has 0 aromatic heterocycles. The van der Waals surface area contributed by atoms with Gasteiger partial charge in [0, 0.05) is 24.5 Å². The fraction of sp³-hybridized carbons (Fsp3) is 0.462. The molecular weight excluding hydrogens is 234 g/mol. The number of hydrogen-bond donors (Lipinski definition) is 2. The van der Waals surface area contributed by atoms with Crippen LogP contribution in [0.5, 0.6) is 0 Å². The summed E-state index contributed by atoms with van der Waals surface area (Å²) in [5, 5.41) is 11.5. The van der Waals surface area contributed by atoms with Gasteiger partial charge in [0.1, 0.15) is 0 Å². The van der Waals surface area contributed by atoms with Crippen LogP contribution >= 0.6 is 11.8 Å². The van der Waals surface area contributed by atoms with Crippen LogP contribution < -0.4 is 5.32 Å². The Labute approximate surface area is 107 Å². The van der Waals surface area contributed by atoms with Crippen molar-refractivity contribution in [2.24, 2.45) is 0 Å². The van der Waals surface area contributed by atoms with Gasteiger partial charge in [-0.2, -0.15) is 0 Å². The van der Waals surface area contributed by atoms with Crippen molar-refractivity contribution in [3.05, 3.63) is 29.8 Å². The van der Waals surface area contributed by atoms with Crippen LogP contribution in [-0.2, 0) is 11.2 Å². The molecule has 0 radical (unpaired) electrons. The summed E-state index contributed by atoms with van der Waals surface area (Å²) in [5.41, 5.74) is 1.27. The van der Waals surface area contributed by atoms with Crippen LogP contribution in [0.25, 0.3) is 0 Å². The molecule has 0 heterocycles. The van der Waals surface area contributed by atoms with E-state index in [1.54, 1.807) is 11.8 Å². The smallest absolute Gasteiger partial charge is 0.220 e. The molecular formula is C13H19NO2S. The Bertz CT molecular complexity index is 355. The highest BCUT2D eigenvalue weighted by Gasteiger charge is 2.02. The molecule has 0 unspecified atom stereocenters. The standard InChI is InChI=1S/C13H19NO2S/c1-17-12-6-3-2-5-11(12)8-9-14-13(16)7-4-10-15/h2-3,5-6,15H,4,7-10H2,1H3,(H,14,16). The van der Waals surface area contributed by atoms with Crippen molar-refractivity contribution in [2.75, 3.05) is 19.4 Å². The molecule has 1 aromatic rings. The van der Waals surface area contributed by atoms with Gasteiger partial charge in [-0.05, 0) is 30.7 Å². The summed E-state index contributed by atoms with van der Waals surface area (Å²) >= 11 is 1.72. The van der Waals surface area contributed by atoms with Crippen LogP contribution in [0.3, 0.4) is 0 Å². The molecule has 0 aliphatic heterocycles. The summed E-state index contributed by atoms with van der Waals surface area (Å²) in [6.07, 6.45) is 3.84. The maximum Gasteiger partial charge on any atom is 0.220 e. The van der Waals surface area contributed by atoms with Gasteiger partial charge in [-0.15, -0.1) is 11.8 Å². The van der Waals surface area contributed by atoms with E-state index < -0.39 is 0 Å². The molecule has 1 rings (SSSR count). The normalized spacial score (nSPS) is 10.2. The second-order valence-electron chi connectivity index (χ2n) is 3.74. The topological polar surface area (TPSA) is 49.3 Å². The van der Waals surface area contributed by atoms with Crippen LogP contribution in [0.2, 0.25) is 0 Å². The third-order valence-electron chi connectivity index (χ3n) is 2.47. The van der Waals surface area contributed by atoms with Gasteiger partial charge in [0.15, 0.2) is 0 Å². The van der Waals surface area contributed by atoms with Crippen LogP contribution in [0.4, 0.5) is 0 Å². The van der Waals surface area contributed by atoms with Crippen molar-refractivity contribution in [3.8, 4) is 0 Å². The first-order valence-corrected chi connectivity index (χ1v) is 7.00. The number of carbonyl (C=O) groups excluding carboxylic acids is 1. The first-order chi connectivity index (χ1) is 8.27. The zero-order chi connectivity index (χ0) is 12.5. The van der Waals surface area contributed by atoms with Gasteiger partial charge in [0.25, 0.3) is 0 Å². The minimum absolute atomic E-state index is 0.0145. The molecule has 17 heavy (non-hydrogen) atoms. The van der Waals surface area contributed by atoms with Crippen molar-refractivity contribution >= 4 is 17.7 Å². The Morgan fingerprint density at radius 1 is 1.41 bits per heavy atom. The molecule has 4 heteroatoms. The zero-order valence-corrected chi connectivity index (χ0v) is 10.9. The highest BCUT2D eigenvalue weighted by Crippen LogP contribution is 2.19. The predicted molar refractivity (Wildman–Crippen MR) is 71.3 cm³/mol. The van der Waals surface area contributed by atoms with Crippen molar-refractivity contribution in [3.63, 3.8) is 0 Å². The van der Waals surface area contributed by atoms with E-state index in [2.05, 4.69) is 23.7 Å². The molecule has 0 saturated heterocycles. The van der Waals surface area contributed by atoms with E-state index in [4.69, 9.17) is 5.11 Å². The number of hydrogen-bond acceptors (Lipinski definition) is 3. The number of rotatable bonds is 7. The van der Waals surface area contributed by atoms with Crippen LogP contribution in [-0.4, -0.2) is 30.4 Å². The van der Waals surface area contributed by atoms with Gasteiger partial charge in [-0.3, -0.25) is 4.79 Å². The van der Waals surface area contributed by atoms with E-state index in [1.165, 1.54) is 10.5 Å². The number of nitrogens with one attached hydrogen (secondary N) is 1. The second-order valence-corrected chi connectivity index (χ2v) is 4.59. The summed E-state index contributed by atoms with van der Waals surface area (Å²) < 4.78 is 0. The highest BCUT2D eigenvalue weighted by atomic mass is 32.2. The van der Waals surface area contributed by atoms with Crippen molar-refractivity contribution in [2.45, 2.75) is 24.2 Å². The molecule has 0 atom stereocenters. The fourth-order valence-corrected chi connectivity index (χ4v) is 2.22. The molecule has 0 fully saturated rings. The Hall–Kier alpha value is -1.00. The third-order valence-corrected chi connectivity index (χ3v) is 3.31. The maximum atomic E-state index is 11.3. The molecule has 3 nitrogen and oxygen atoms in total. The van der Waals surface area contributed by atoms with Gasteiger partial charge < -0.3 is 10.4 Å². The van der Waals surface area contributed by atoms with Gasteiger partial charge in [0.05, 0.1) is 0 Å². The summed E-state index contributed by atoms with van der Waals surface area (Å²) in [6, 6.07) is 8.22. The molecule has 94 valence electrons. The molecule has 2 N–H and O–H groups in total. The second kappa shape index (κ2) is 8.14. The van der Waals surface area contributed by atoms with Crippen LogP contribution in [0.15, 0.2) is 29.2 Å². The number of aliphatic hydroxyl groups is 1. The van der Waals surface area contributed by atoms with Gasteiger partial charge in [-0.1, -0.05) is 18.2 Å². The Morgan fingerprint density at radius 2 is 2.18 bits per heavy atom. The zero-order valence-electron chi connectivity index (χ0n) is 10.1. The Balaban J connectivity index is 2.33. The van der Waals surface area contributed by atoms with Crippen molar-refractivity contribution in [1.82, 2.24) is 5.32 Å². The lowest BCUT2D eigenvalue weighted by molar-refractivity contribution is -0.121. The number of amides is 1. The van der Waals surface area contributed by atoms with E-state index in [-0.39, 0.29) is 12.5 Å². The number of thioether (sulfide) groups is 1. The van der Waals surface area contributed by atoms with Crippen LogP contribution in [0.1, 0.15) is 18.4 Å². The lowest BCUT2D eigenvalue weighted by Crippen LogP contribution is -2.25. The minimum Gasteiger partial charge on any atom is -0.396 e. The lowest BCUT2D eigenvalue weighted by atomic mass is 10.1. The minimum atomic E-state index is 0.0145. The van der Waals surface area contributed by atoms with Crippen molar-refractivity contribution in [1.29, 1.82) is 0 Å². The predicted octanol–water partition coefficient (Wildman–Crippen LogP) is 1.84.